The molecule has 1 heterocycles. The van der Waals surface area contributed by atoms with Crippen LogP contribution < -0.4 is 14.8 Å². The molecule has 0 spiro atoms. The van der Waals surface area contributed by atoms with E-state index in [1.807, 2.05) is 36.4 Å². The number of carbonyl (C=O) groups excluding carboxylic acids is 1. The smallest absolute Gasteiger partial charge is 0.252 e. The van der Waals surface area contributed by atoms with E-state index in [9.17, 15) is 13.2 Å². The van der Waals surface area contributed by atoms with Gasteiger partial charge in [-0.2, -0.15) is 4.72 Å². The molecule has 1 aromatic heterocycles. The summed E-state index contributed by atoms with van der Waals surface area (Å²) in [6, 6.07) is 15.9. The van der Waals surface area contributed by atoms with Crippen molar-refractivity contribution in [1.29, 1.82) is 0 Å². The molecule has 7 nitrogen and oxygen atoms in total. The minimum absolute atomic E-state index is 0.0140. The van der Waals surface area contributed by atoms with Gasteiger partial charge < -0.3 is 10.1 Å². The number of rotatable bonds is 7. The number of ether oxygens (including phenoxy) is 1. The quantitative estimate of drug-likeness (QED) is 0.615. The van der Waals surface area contributed by atoms with E-state index in [-0.39, 0.29) is 15.2 Å². The van der Waals surface area contributed by atoms with Gasteiger partial charge in [0, 0.05) is 6.92 Å². The standard InChI is InChI=1S/C19H19N3O4S2/c1-13(23)21-19-20-12-17(27-19)28(24,25)22-18(14-7-4-3-5-8-14)15-9-6-10-16(11-15)26-2/h3-12,18,22H,1-2H3,(H,20,21,23). The third-order valence-electron chi connectivity index (χ3n) is 3.87. The zero-order valence-electron chi connectivity index (χ0n) is 15.2. The van der Waals surface area contributed by atoms with Crippen LogP contribution in [0.5, 0.6) is 5.75 Å². The average Bonchev–Trinajstić information content (AvgIpc) is 3.15. The molecule has 0 bridgehead atoms. The van der Waals surface area contributed by atoms with Crippen molar-refractivity contribution in [3.8, 4) is 5.75 Å². The number of aromatic nitrogens is 1. The summed E-state index contributed by atoms with van der Waals surface area (Å²) in [6.45, 7) is 1.34. The molecule has 2 aromatic carbocycles. The summed E-state index contributed by atoms with van der Waals surface area (Å²) in [6.07, 6.45) is 1.23. The molecule has 2 N–H and O–H groups in total. The first-order valence-electron chi connectivity index (χ1n) is 8.33. The normalized spacial score (nSPS) is 12.4. The maximum Gasteiger partial charge on any atom is 0.252 e. The van der Waals surface area contributed by atoms with Crippen LogP contribution in [-0.2, 0) is 14.8 Å². The van der Waals surface area contributed by atoms with Crippen LogP contribution in [-0.4, -0.2) is 26.4 Å². The Labute approximate surface area is 167 Å². The van der Waals surface area contributed by atoms with Crippen molar-refractivity contribution in [2.75, 3.05) is 12.4 Å². The minimum atomic E-state index is -3.88. The van der Waals surface area contributed by atoms with Crippen LogP contribution in [0, 0.1) is 0 Å². The Morgan fingerprint density at radius 1 is 1.11 bits per heavy atom. The first-order valence-corrected chi connectivity index (χ1v) is 10.6. The van der Waals surface area contributed by atoms with E-state index in [2.05, 4.69) is 15.0 Å². The molecule has 1 unspecified atom stereocenters. The van der Waals surface area contributed by atoms with E-state index in [1.165, 1.54) is 13.1 Å². The van der Waals surface area contributed by atoms with Gasteiger partial charge in [0.25, 0.3) is 10.0 Å². The maximum atomic E-state index is 13.0. The molecule has 146 valence electrons. The first-order chi connectivity index (χ1) is 13.4. The highest BCUT2D eigenvalue weighted by atomic mass is 32.2. The summed E-state index contributed by atoms with van der Waals surface area (Å²) in [5, 5.41) is 2.72. The van der Waals surface area contributed by atoms with Crippen LogP contribution in [0.1, 0.15) is 24.1 Å². The Morgan fingerprint density at radius 3 is 2.50 bits per heavy atom. The van der Waals surface area contributed by atoms with Crippen LogP contribution >= 0.6 is 11.3 Å². The van der Waals surface area contributed by atoms with E-state index in [1.54, 1.807) is 25.3 Å². The number of thiazole rings is 1. The van der Waals surface area contributed by atoms with Crippen molar-refractivity contribution in [2.45, 2.75) is 17.2 Å². The summed E-state index contributed by atoms with van der Waals surface area (Å²) in [4.78, 5) is 15.1. The fourth-order valence-corrected chi connectivity index (χ4v) is 4.91. The van der Waals surface area contributed by atoms with Crippen LogP contribution in [0.25, 0.3) is 0 Å². The second-order valence-electron chi connectivity index (χ2n) is 5.91. The lowest BCUT2D eigenvalue weighted by molar-refractivity contribution is -0.114. The Kier molecular flexibility index (Phi) is 6.08. The van der Waals surface area contributed by atoms with E-state index in [4.69, 9.17) is 4.74 Å². The molecule has 0 radical (unpaired) electrons. The van der Waals surface area contributed by atoms with Crippen molar-refractivity contribution in [1.82, 2.24) is 9.71 Å². The van der Waals surface area contributed by atoms with Gasteiger partial charge >= 0.3 is 0 Å². The van der Waals surface area contributed by atoms with Crippen LogP contribution in [0.3, 0.4) is 0 Å². The number of nitrogens with one attached hydrogen (secondary N) is 2. The molecule has 0 aliphatic heterocycles. The third-order valence-corrected chi connectivity index (χ3v) is 6.66. The monoisotopic (exact) mass is 417 g/mol. The summed E-state index contributed by atoms with van der Waals surface area (Å²) in [5.74, 6) is 0.313. The van der Waals surface area contributed by atoms with E-state index >= 15 is 0 Å². The molecule has 1 atom stereocenters. The molecule has 1 amide bonds. The number of carbonyl (C=O) groups is 1. The number of benzene rings is 2. The number of hydrogen-bond donors (Lipinski definition) is 2. The Morgan fingerprint density at radius 2 is 1.82 bits per heavy atom. The predicted molar refractivity (Wildman–Crippen MR) is 108 cm³/mol. The molecule has 0 saturated carbocycles. The van der Waals surface area contributed by atoms with Gasteiger partial charge in [0.2, 0.25) is 5.91 Å². The molecular formula is C19H19N3O4S2. The van der Waals surface area contributed by atoms with Crippen LogP contribution in [0.2, 0.25) is 0 Å². The number of methoxy groups -OCH3 is 1. The highest BCUT2D eigenvalue weighted by Crippen LogP contribution is 2.29. The highest BCUT2D eigenvalue weighted by molar-refractivity contribution is 7.91. The molecule has 0 aliphatic rings. The highest BCUT2D eigenvalue weighted by Gasteiger charge is 2.25. The second kappa shape index (κ2) is 8.51. The van der Waals surface area contributed by atoms with Gasteiger partial charge in [-0.05, 0) is 23.3 Å². The molecule has 0 fully saturated rings. The zero-order valence-corrected chi connectivity index (χ0v) is 16.9. The first kappa shape index (κ1) is 20.0. The summed E-state index contributed by atoms with van der Waals surface area (Å²) >= 11 is 0.890. The SMILES string of the molecule is COc1cccc(C(NS(=O)(=O)c2cnc(NC(C)=O)s2)c2ccccc2)c1. The minimum Gasteiger partial charge on any atom is -0.497 e. The molecule has 0 saturated heterocycles. The molecule has 9 heteroatoms. The molecule has 0 aliphatic carbocycles. The topological polar surface area (TPSA) is 97.4 Å². The van der Waals surface area contributed by atoms with Gasteiger partial charge in [0.1, 0.15) is 5.75 Å². The maximum absolute atomic E-state index is 13.0. The Balaban J connectivity index is 1.97. The number of hydrogen-bond acceptors (Lipinski definition) is 6. The van der Waals surface area contributed by atoms with Gasteiger partial charge in [0.05, 0.1) is 19.3 Å². The van der Waals surface area contributed by atoms with Crippen molar-refractivity contribution in [2.24, 2.45) is 0 Å². The number of sulfonamides is 1. The lowest BCUT2D eigenvalue weighted by Crippen LogP contribution is -2.29. The van der Waals surface area contributed by atoms with Gasteiger partial charge in [0.15, 0.2) is 9.34 Å². The zero-order chi connectivity index (χ0) is 20.1. The fraction of sp³-hybridized carbons (Fsp3) is 0.158. The van der Waals surface area contributed by atoms with Gasteiger partial charge in [-0.25, -0.2) is 13.4 Å². The predicted octanol–water partition coefficient (Wildman–Crippen LogP) is 3.18. The number of anilines is 1. The van der Waals surface area contributed by atoms with Crippen molar-refractivity contribution in [3.63, 3.8) is 0 Å². The summed E-state index contributed by atoms with van der Waals surface area (Å²) in [7, 11) is -2.32. The van der Waals surface area contributed by atoms with Gasteiger partial charge in [-0.15, -0.1) is 0 Å². The summed E-state index contributed by atoms with van der Waals surface area (Å²) in [5.41, 5.74) is 1.52. The number of nitrogens with zero attached hydrogens (tertiary/aromatic N) is 1. The third kappa shape index (κ3) is 4.75. The fourth-order valence-electron chi connectivity index (χ4n) is 2.60. The van der Waals surface area contributed by atoms with Gasteiger partial charge in [-0.3, -0.25) is 4.79 Å². The van der Waals surface area contributed by atoms with Crippen LogP contribution in [0.4, 0.5) is 5.13 Å². The van der Waals surface area contributed by atoms with E-state index in [0.29, 0.717) is 5.75 Å². The lowest BCUT2D eigenvalue weighted by Gasteiger charge is -2.20. The number of amides is 1. The molecular weight excluding hydrogens is 398 g/mol. The Bertz CT molecular complexity index is 1070. The van der Waals surface area contributed by atoms with Crippen molar-refractivity contribution in [3.05, 3.63) is 71.9 Å². The van der Waals surface area contributed by atoms with E-state index < -0.39 is 16.1 Å². The summed E-state index contributed by atoms with van der Waals surface area (Å²) < 4.78 is 33.9. The molecule has 28 heavy (non-hydrogen) atoms. The van der Waals surface area contributed by atoms with Crippen molar-refractivity contribution < 1.29 is 17.9 Å². The lowest BCUT2D eigenvalue weighted by atomic mass is 9.99. The van der Waals surface area contributed by atoms with Crippen LogP contribution in [0.15, 0.2) is 65.0 Å². The van der Waals surface area contributed by atoms with Gasteiger partial charge in [-0.1, -0.05) is 53.8 Å². The second-order valence-corrected chi connectivity index (χ2v) is 8.88. The van der Waals surface area contributed by atoms with Crippen molar-refractivity contribution >= 4 is 32.4 Å². The van der Waals surface area contributed by atoms with E-state index in [0.717, 1.165) is 22.5 Å². The molecule has 3 aromatic rings. The Hall–Kier alpha value is -2.75. The average molecular weight is 418 g/mol. The molecule has 3 rings (SSSR count). The largest absolute Gasteiger partial charge is 0.497 e.